The summed E-state index contributed by atoms with van der Waals surface area (Å²) in [6.07, 6.45) is 4.84. The lowest BCUT2D eigenvalue weighted by molar-refractivity contribution is 0.0723. The molecule has 0 spiro atoms. The molecule has 1 saturated heterocycles. The van der Waals surface area contributed by atoms with Gasteiger partial charge in [0.2, 0.25) is 10.0 Å². The van der Waals surface area contributed by atoms with Gasteiger partial charge in [-0.25, -0.2) is 21.9 Å². The number of sulfonamides is 1. The summed E-state index contributed by atoms with van der Waals surface area (Å²) in [6, 6.07) is 0.370. The molecule has 2 atom stereocenters. The second kappa shape index (κ2) is 8.69. The number of nitrogens with one attached hydrogen (secondary N) is 2. The van der Waals surface area contributed by atoms with E-state index < -0.39 is 16.4 Å². The fourth-order valence-electron chi connectivity index (χ4n) is 3.71. The molecule has 0 bridgehead atoms. The summed E-state index contributed by atoms with van der Waals surface area (Å²) in [4.78, 5) is 1.82. The fraction of sp³-hybridized carbons (Fsp3) is 1.00. The van der Waals surface area contributed by atoms with Crippen LogP contribution < -0.4 is 10.0 Å². The van der Waals surface area contributed by atoms with Gasteiger partial charge in [-0.15, -0.1) is 0 Å². The van der Waals surface area contributed by atoms with Crippen molar-refractivity contribution in [2.45, 2.75) is 57.0 Å². The minimum absolute atomic E-state index is 0.0187. The number of nitrogens with zero attached hydrogens (tertiary/aromatic N) is 1. The molecule has 2 unspecified atom stereocenters. The van der Waals surface area contributed by atoms with Crippen molar-refractivity contribution in [2.75, 3.05) is 32.4 Å². The molecule has 0 aromatic heterocycles. The predicted molar refractivity (Wildman–Crippen MR) is 87.2 cm³/mol. The number of likely N-dealkylation sites (tertiary alicyclic amines) is 1. The van der Waals surface area contributed by atoms with Crippen LogP contribution in [0.15, 0.2) is 0 Å². The smallest absolute Gasteiger partial charge is 0.251 e. The molecule has 1 heterocycles. The maximum Gasteiger partial charge on any atom is 0.251 e. The number of alkyl halides is 2. The van der Waals surface area contributed by atoms with Gasteiger partial charge in [-0.1, -0.05) is 12.8 Å². The average Bonchev–Trinajstić information content (AvgIpc) is 2.46. The van der Waals surface area contributed by atoms with Gasteiger partial charge in [0.05, 0.1) is 12.8 Å². The minimum atomic E-state index is -3.17. The Bertz CT molecular complexity index is 454. The predicted octanol–water partition coefficient (Wildman–Crippen LogP) is 1.41. The molecule has 1 aliphatic carbocycles. The third-order valence-electron chi connectivity index (χ3n) is 4.93. The molecule has 8 heteroatoms. The van der Waals surface area contributed by atoms with Crippen molar-refractivity contribution in [1.82, 2.24) is 14.9 Å². The van der Waals surface area contributed by atoms with E-state index >= 15 is 0 Å². The van der Waals surface area contributed by atoms with Crippen molar-refractivity contribution >= 4 is 10.0 Å². The van der Waals surface area contributed by atoms with Gasteiger partial charge in [-0.05, 0) is 51.2 Å². The molecule has 0 aromatic carbocycles. The summed E-state index contributed by atoms with van der Waals surface area (Å²) < 4.78 is 50.5. The SMILES string of the molecule is CS(=O)(=O)NC1CCCCC1CNC1CCN(CC(F)F)CC1. The molecule has 1 aliphatic heterocycles. The third kappa shape index (κ3) is 6.99. The first-order chi connectivity index (χ1) is 10.8. The second-order valence-corrected chi connectivity index (χ2v) is 8.70. The Morgan fingerprint density at radius 2 is 1.78 bits per heavy atom. The fourth-order valence-corrected chi connectivity index (χ4v) is 4.58. The Kier molecular flexibility index (Phi) is 7.19. The van der Waals surface area contributed by atoms with Gasteiger partial charge in [0.15, 0.2) is 0 Å². The minimum Gasteiger partial charge on any atom is -0.314 e. The summed E-state index contributed by atoms with van der Waals surface area (Å²) in [5.41, 5.74) is 0. The van der Waals surface area contributed by atoms with E-state index in [2.05, 4.69) is 10.0 Å². The number of hydrogen-bond acceptors (Lipinski definition) is 4. The van der Waals surface area contributed by atoms with E-state index in [0.29, 0.717) is 25.0 Å². The lowest BCUT2D eigenvalue weighted by atomic mass is 9.85. The van der Waals surface area contributed by atoms with Crippen LogP contribution in [0.3, 0.4) is 0 Å². The van der Waals surface area contributed by atoms with Crippen LogP contribution in [-0.2, 0) is 10.0 Å². The van der Waals surface area contributed by atoms with Crippen molar-refractivity contribution in [3.8, 4) is 0 Å². The van der Waals surface area contributed by atoms with Crippen LogP contribution in [0.2, 0.25) is 0 Å². The van der Waals surface area contributed by atoms with Gasteiger partial charge in [-0.2, -0.15) is 0 Å². The Morgan fingerprint density at radius 1 is 1.13 bits per heavy atom. The summed E-state index contributed by atoms with van der Waals surface area (Å²) in [6.45, 7) is 2.08. The molecule has 23 heavy (non-hydrogen) atoms. The molecule has 2 rings (SSSR count). The lowest BCUT2D eigenvalue weighted by Crippen LogP contribution is -2.49. The Hall–Kier alpha value is -0.310. The molecular weight excluding hydrogens is 324 g/mol. The van der Waals surface area contributed by atoms with Crippen molar-refractivity contribution in [3.05, 3.63) is 0 Å². The first-order valence-corrected chi connectivity index (χ1v) is 10.4. The molecular formula is C15H29F2N3O2S. The lowest BCUT2D eigenvalue weighted by Gasteiger charge is -2.36. The highest BCUT2D eigenvalue weighted by Gasteiger charge is 2.28. The van der Waals surface area contributed by atoms with E-state index in [0.717, 1.165) is 45.1 Å². The highest BCUT2D eigenvalue weighted by molar-refractivity contribution is 7.88. The number of halogens is 2. The van der Waals surface area contributed by atoms with Crippen LogP contribution in [0.5, 0.6) is 0 Å². The quantitative estimate of drug-likeness (QED) is 0.727. The van der Waals surface area contributed by atoms with Gasteiger partial charge in [0.25, 0.3) is 6.43 Å². The van der Waals surface area contributed by atoms with E-state index in [-0.39, 0.29) is 12.6 Å². The van der Waals surface area contributed by atoms with Crippen molar-refractivity contribution < 1.29 is 17.2 Å². The van der Waals surface area contributed by atoms with Crippen LogP contribution >= 0.6 is 0 Å². The largest absolute Gasteiger partial charge is 0.314 e. The molecule has 0 amide bonds. The van der Waals surface area contributed by atoms with Crippen molar-refractivity contribution in [3.63, 3.8) is 0 Å². The van der Waals surface area contributed by atoms with Crippen LogP contribution in [0, 0.1) is 5.92 Å². The van der Waals surface area contributed by atoms with Crippen LogP contribution in [0.1, 0.15) is 38.5 Å². The summed E-state index contributed by atoms with van der Waals surface area (Å²) >= 11 is 0. The Morgan fingerprint density at radius 3 is 2.39 bits per heavy atom. The maximum absolute atomic E-state index is 12.4. The molecule has 2 fully saturated rings. The summed E-state index contributed by atoms with van der Waals surface area (Å²) in [7, 11) is -3.17. The number of rotatable bonds is 7. The number of piperidine rings is 1. The highest BCUT2D eigenvalue weighted by atomic mass is 32.2. The van der Waals surface area contributed by atoms with E-state index in [1.54, 1.807) is 0 Å². The van der Waals surface area contributed by atoms with Crippen LogP contribution in [-0.4, -0.2) is 64.3 Å². The summed E-state index contributed by atoms with van der Waals surface area (Å²) in [5, 5.41) is 3.53. The van der Waals surface area contributed by atoms with E-state index in [4.69, 9.17) is 0 Å². The van der Waals surface area contributed by atoms with E-state index in [1.807, 2.05) is 4.90 Å². The summed E-state index contributed by atoms with van der Waals surface area (Å²) in [5.74, 6) is 0.317. The normalized spacial score (nSPS) is 28.3. The Labute approximate surface area is 138 Å². The first kappa shape index (κ1) is 19.0. The van der Waals surface area contributed by atoms with Gasteiger partial charge in [0.1, 0.15) is 0 Å². The van der Waals surface area contributed by atoms with Gasteiger partial charge in [0, 0.05) is 12.1 Å². The molecule has 0 radical (unpaired) electrons. The van der Waals surface area contributed by atoms with Crippen molar-refractivity contribution in [2.24, 2.45) is 5.92 Å². The zero-order valence-electron chi connectivity index (χ0n) is 13.8. The van der Waals surface area contributed by atoms with Crippen LogP contribution in [0.4, 0.5) is 8.78 Å². The second-order valence-electron chi connectivity index (χ2n) is 6.92. The van der Waals surface area contributed by atoms with Crippen molar-refractivity contribution in [1.29, 1.82) is 0 Å². The molecule has 136 valence electrons. The molecule has 2 aliphatic rings. The van der Waals surface area contributed by atoms with Gasteiger partial charge < -0.3 is 5.32 Å². The van der Waals surface area contributed by atoms with Gasteiger partial charge >= 0.3 is 0 Å². The monoisotopic (exact) mass is 353 g/mol. The third-order valence-corrected chi connectivity index (χ3v) is 5.66. The molecule has 5 nitrogen and oxygen atoms in total. The van der Waals surface area contributed by atoms with E-state index in [1.165, 1.54) is 6.26 Å². The number of hydrogen-bond donors (Lipinski definition) is 2. The standard InChI is InChI=1S/C15H29F2N3O2S/c1-23(21,22)19-14-5-3-2-4-12(14)10-18-13-6-8-20(9-7-13)11-15(16)17/h12-15,18-19H,2-11H2,1H3. The highest BCUT2D eigenvalue weighted by Crippen LogP contribution is 2.25. The molecule has 2 N–H and O–H groups in total. The van der Waals surface area contributed by atoms with E-state index in [9.17, 15) is 17.2 Å². The average molecular weight is 353 g/mol. The topological polar surface area (TPSA) is 61.4 Å². The Balaban J connectivity index is 1.74. The zero-order chi connectivity index (χ0) is 16.9. The zero-order valence-corrected chi connectivity index (χ0v) is 14.6. The molecule has 0 aromatic rings. The van der Waals surface area contributed by atoms with Crippen LogP contribution in [0.25, 0.3) is 0 Å². The van der Waals surface area contributed by atoms with Gasteiger partial charge in [-0.3, -0.25) is 4.90 Å². The maximum atomic E-state index is 12.4. The first-order valence-electron chi connectivity index (χ1n) is 8.54. The molecule has 1 saturated carbocycles.